The van der Waals surface area contributed by atoms with Crippen LogP contribution in [-0.4, -0.2) is 49.6 Å². The van der Waals surface area contributed by atoms with Gasteiger partial charge in [-0.25, -0.2) is 13.1 Å². The molecular weight excluding hydrogens is 364 g/mol. The van der Waals surface area contributed by atoms with Crippen molar-refractivity contribution in [3.63, 3.8) is 0 Å². The summed E-state index contributed by atoms with van der Waals surface area (Å²) < 4.78 is 28.0. The maximum absolute atomic E-state index is 12.6. The summed E-state index contributed by atoms with van der Waals surface area (Å²) in [4.78, 5) is 13.4. The fourth-order valence-corrected chi connectivity index (χ4v) is 4.89. The van der Waals surface area contributed by atoms with Gasteiger partial charge in [0.15, 0.2) is 0 Å². The quantitative estimate of drug-likeness (QED) is 0.637. The smallest absolute Gasteiger partial charge is 0.317 e. The van der Waals surface area contributed by atoms with Crippen LogP contribution >= 0.6 is 0 Å². The Morgan fingerprint density at radius 3 is 2.41 bits per heavy atom. The Kier molecular flexibility index (Phi) is 6.23. The molecule has 2 saturated carbocycles. The number of nitrogens with one attached hydrogen (secondary N) is 1. The van der Waals surface area contributed by atoms with E-state index >= 15 is 0 Å². The lowest BCUT2D eigenvalue weighted by atomic mass is 9.86. The second-order valence-electron chi connectivity index (χ2n) is 8.09. The van der Waals surface area contributed by atoms with Gasteiger partial charge in [0, 0.05) is 18.6 Å². The van der Waals surface area contributed by atoms with Crippen molar-refractivity contribution in [1.29, 1.82) is 0 Å². The van der Waals surface area contributed by atoms with Crippen LogP contribution in [0.1, 0.15) is 57.4 Å². The SMILES string of the molecule is CCC(C)c1ccc(S(=O)(=O)NC2CC(N(CC(=O)O)CC3CC3)C2)cc1. The van der Waals surface area contributed by atoms with Crippen molar-refractivity contribution in [3.05, 3.63) is 29.8 Å². The lowest BCUT2D eigenvalue weighted by Gasteiger charge is -2.42. The summed E-state index contributed by atoms with van der Waals surface area (Å²) in [6, 6.07) is 7.15. The number of hydrogen-bond acceptors (Lipinski definition) is 4. The van der Waals surface area contributed by atoms with Crippen LogP contribution in [0.4, 0.5) is 0 Å². The molecule has 2 aliphatic carbocycles. The van der Waals surface area contributed by atoms with E-state index in [-0.39, 0.29) is 18.6 Å². The molecule has 1 unspecified atom stereocenters. The minimum Gasteiger partial charge on any atom is -0.480 e. The molecule has 3 rings (SSSR count). The van der Waals surface area contributed by atoms with Crippen molar-refractivity contribution in [1.82, 2.24) is 9.62 Å². The molecule has 0 amide bonds. The summed E-state index contributed by atoms with van der Waals surface area (Å²) in [6.45, 7) is 5.09. The van der Waals surface area contributed by atoms with E-state index in [1.54, 1.807) is 12.1 Å². The Bertz CT molecular complexity index is 753. The van der Waals surface area contributed by atoms with Crippen molar-refractivity contribution in [3.8, 4) is 0 Å². The summed E-state index contributed by atoms with van der Waals surface area (Å²) in [5.74, 6) is 0.207. The molecule has 0 aromatic heterocycles. The highest BCUT2D eigenvalue weighted by Gasteiger charge is 2.38. The van der Waals surface area contributed by atoms with Crippen molar-refractivity contribution < 1.29 is 18.3 Å². The highest BCUT2D eigenvalue weighted by molar-refractivity contribution is 7.89. The molecule has 1 atom stereocenters. The number of benzene rings is 1. The molecule has 7 heteroatoms. The third-order valence-corrected chi connectivity index (χ3v) is 7.39. The first kappa shape index (κ1) is 20.3. The van der Waals surface area contributed by atoms with E-state index in [2.05, 4.69) is 18.6 Å². The molecule has 0 bridgehead atoms. The van der Waals surface area contributed by atoms with Crippen LogP contribution < -0.4 is 4.72 Å². The molecule has 0 spiro atoms. The van der Waals surface area contributed by atoms with Crippen LogP contribution in [0.3, 0.4) is 0 Å². The molecule has 0 aliphatic heterocycles. The first-order chi connectivity index (χ1) is 12.8. The predicted molar refractivity (Wildman–Crippen MR) is 104 cm³/mol. The molecule has 0 saturated heterocycles. The van der Waals surface area contributed by atoms with Gasteiger partial charge >= 0.3 is 5.97 Å². The van der Waals surface area contributed by atoms with Gasteiger partial charge in [0.05, 0.1) is 11.4 Å². The second kappa shape index (κ2) is 8.29. The first-order valence-electron chi connectivity index (χ1n) is 9.86. The number of carbonyl (C=O) groups is 1. The van der Waals surface area contributed by atoms with Crippen LogP contribution in [0.15, 0.2) is 29.2 Å². The summed E-state index contributed by atoms with van der Waals surface area (Å²) in [5, 5.41) is 9.11. The Balaban J connectivity index is 1.55. The van der Waals surface area contributed by atoms with Gasteiger partial charge in [-0.3, -0.25) is 9.69 Å². The Morgan fingerprint density at radius 2 is 1.89 bits per heavy atom. The fourth-order valence-electron chi connectivity index (χ4n) is 3.63. The zero-order chi connectivity index (χ0) is 19.6. The molecule has 1 aromatic carbocycles. The summed E-state index contributed by atoms with van der Waals surface area (Å²) >= 11 is 0. The molecule has 27 heavy (non-hydrogen) atoms. The first-order valence-corrected chi connectivity index (χ1v) is 11.3. The van der Waals surface area contributed by atoms with Crippen LogP contribution in [0.5, 0.6) is 0 Å². The molecule has 0 heterocycles. The molecule has 2 N–H and O–H groups in total. The van der Waals surface area contributed by atoms with Crippen LogP contribution in [0.25, 0.3) is 0 Å². The van der Waals surface area contributed by atoms with Gasteiger partial charge in [0.2, 0.25) is 10.0 Å². The zero-order valence-electron chi connectivity index (χ0n) is 16.1. The molecule has 2 fully saturated rings. The highest BCUT2D eigenvalue weighted by atomic mass is 32.2. The maximum atomic E-state index is 12.6. The average Bonchev–Trinajstić information content (AvgIpc) is 3.40. The van der Waals surface area contributed by atoms with Gasteiger partial charge in [0.25, 0.3) is 0 Å². The molecule has 1 aromatic rings. The lowest BCUT2D eigenvalue weighted by Crippen LogP contribution is -2.55. The minimum atomic E-state index is -3.54. The number of sulfonamides is 1. The average molecular weight is 395 g/mol. The zero-order valence-corrected chi connectivity index (χ0v) is 16.9. The van der Waals surface area contributed by atoms with Gasteiger partial charge < -0.3 is 5.11 Å². The van der Waals surface area contributed by atoms with E-state index in [9.17, 15) is 13.2 Å². The van der Waals surface area contributed by atoms with Crippen LogP contribution in [-0.2, 0) is 14.8 Å². The maximum Gasteiger partial charge on any atom is 0.317 e. The largest absolute Gasteiger partial charge is 0.480 e. The summed E-state index contributed by atoms with van der Waals surface area (Å²) in [7, 11) is -3.54. The number of nitrogens with zero attached hydrogens (tertiary/aromatic N) is 1. The minimum absolute atomic E-state index is 0.0394. The normalized spacial score (nSPS) is 23.8. The highest BCUT2D eigenvalue weighted by Crippen LogP contribution is 2.34. The fraction of sp³-hybridized carbons (Fsp3) is 0.650. The standard InChI is InChI=1S/C20H30N2O4S/c1-3-14(2)16-6-8-19(9-7-16)27(25,26)21-17-10-18(11-17)22(13-20(23)24)12-15-4-5-15/h6-9,14-15,17-18,21H,3-5,10-13H2,1-2H3,(H,23,24). The number of carboxylic acid groups (broad SMARTS) is 1. The molecule has 150 valence electrons. The van der Waals surface area contributed by atoms with Gasteiger partial charge in [-0.2, -0.15) is 0 Å². The third-order valence-electron chi connectivity index (χ3n) is 5.85. The second-order valence-corrected chi connectivity index (χ2v) is 9.80. The van der Waals surface area contributed by atoms with Crippen molar-refractivity contribution >= 4 is 16.0 Å². The van der Waals surface area contributed by atoms with E-state index < -0.39 is 16.0 Å². The van der Waals surface area contributed by atoms with E-state index in [0.717, 1.165) is 18.5 Å². The van der Waals surface area contributed by atoms with Gasteiger partial charge in [0.1, 0.15) is 0 Å². The Hall–Kier alpha value is -1.44. The van der Waals surface area contributed by atoms with Crippen molar-refractivity contribution in [2.45, 2.75) is 68.8 Å². The Labute approximate surface area is 162 Å². The predicted octanol–water partition coefficient (Wildman–Crippen LogP) is 2.81. The summed E-state index contributed by atoms with van der Waals surface area (Å²) in [5.41, 5.74) is 1.14. The number of rotatable bonds is 10. The number of carboxylic acids is 1. The van der Waals surface area contributed by atoms with E-state index in [1.807, 2.05) is 17.0 Å². The molecular formula is C20H30N2O4S. The number of aliphatic carboxylic acids is 1. The topological polar surface area (TPSA) is 86.7 Å². The van der Waals surface area contributed by atoms with Crippen LogP contribution in [0, 0.1) is 5.92 Å². The van der Waals surface area contributed by atoms with E-state index in [1.165, 1.54) is 12.8 Å². The molecule has 0 radical (unpaired) electrons. The lowest BCUT2D eigenvalue weighted by molar-refractivity contribution is -0.139. The van der Waals surface area contributed by atoms with Crippen LogP contribution in [0.2, 0.25) is 0 Å². The van der Waals surface area contributed by atoms with E-state index in [0.29, 0.717) is 29.6 Å². The van der Waals surface area contributed by atoms with Crippen molar-refractivity contribution in [2.75, 3.05) is 13.1 Å². The Morgan fingerprint density at radius 1 is 1.26 bits per heavy atom. The van der Waals surface area contributed by atoms with E-state index in [4.69, 9.17) is 5.11 Å². The number of hydrogen-bond donors (Lipinski definition) is 2. The van der Waals surface area contributed by atoms with Gasteiger partial charge in [-0.1, -0.05) is 26.0 Å². The molecule has 2 aliphatic rings. The monoisotopic (exact) mass is 394 g/mol. The van der Waals surface area contributed by atoms with Crippen molar-refractivity contribution in [2.24, 2.45) is 5.92 Å². The van der Waals surface area contributed by atoms with Gasteiger partial charge in [-0.05, 0) is 61.6 Å². The molecule has 6 nitrogen and oxygen atoms in total. The third kappa shape index (κ3) is 5.30. The summed E-state index contributed by atoms with van der Waals surface area (Å²) in [6.07, 6.45) is 4.70. The van der Waals surface area contributed by atoms with Gasteiger partial charge in [-0.15, -0.1) is 0 Å².